The molecule has 128 valence electrons. The minimum atomic E-state index is -0.250. The van der Waals surface area contributed by atoms with Crippen LogP contribution in [0.2, 0.25) is 0 Å². The molecular weight excluding hydrogens is 276 g/mol. The Morgan fingerprint density at radius 3 is 2.00 bits per heavy atom. The van der Waals surface area contributed by atoms with Crippen molar-refractivity contribution in [3.63, 3.8) is 0 Å². The lowest BCUT2D eigenvalue weighted by molar-refractivity contribution is -0.122. The fourth-order valence-corrected chi connectivity index (χ4v) is 1.89. The third-order valence-electron chi connectivity index (χ3n) is 3.22. The Balaban J connectivity index is 0. The van der Waals surface area contributed by atoms with Crippen molar-refractivity contribution in [2.45, 2.75) is 40.5 Å². The van der Waals surface area contributed by atoms with Gasteiger partial charge in [-0.1, -0.05) is 58.0 Å². The van der Waals surface area contributed by atoms with E-state index in [-0.39, 0.29) is 19.3 Å². The maximum atomic E-state index is 8.36. The van der Waals surface area contributed by atoms with Gasteiger partial charge in [-0.15, -0.1) is 0 Å². The summed E-state index contributed by atoms with van der Waals surface area (Å²) in [6.45, 7) is 13.3. The van der Waals surface area contributed by atoms with Crippen LogP contribution in [0.1, 0.15) is 39.3 Å². The molecule has 1 fully saturated rings. The number of carbonyl (C=O) groups is 1. The Morgan fingerprint density at radius 2 is 1.73 bits per heavy atom. The molecule has 0 aliphatic carbocycles. The molecule has 0 atom stereocenters. The van der Waals surface area contributed by atoms with E-state index in [1.807, 2.05) is 0 Å². The quantitative estimate of drug-likeness (QED) is 0.723. The van der Waals surface area contributed by atoms with Crippen molar-refractivity contribution in [2.75, 3.05) is 33.2 Å². The molecule has 0 spiro atoms. The first-order chi connectivity index (χ1) is 9.81. The summed E-state index contributed by atoms with van der Waals surface area (Å²) in [6.07, 6.45) is 0. The lowest BCUT2D eigenvalue weighted by Gasteiger charge is -2.21. The third-order valence-corrected chi connectivity index (χ3v) is 3.22. The SMILES string of the molecule is C.CN1CCNCC1.Cc1cccc(C(C)(C)C)c1.O=CO. The molecule has 4 heteroatoms. The molecule has 2 rings (SSSR count). The van der Waals surface area contributed by atoms with Crippen LogP contribution in [-0.4, -0.2) is 49.7 Å². The number of nitrogens with zero attached hydrogens (tertiary/aromatic N) is 1. The van der Waals surface area contributed by atoms with Gasteiger partial charge in [-0.25, -0.2) is 0 Å². The van der Waals surface area contributed by atoms with E-state index in [4.69, 9.17) is 9.90 Å². The van der Waals surface area contributed by atoms with E-state index in [2.05, 4.69) is 69.2 Å². The number of aryl methyl sites for hydroxylation is 1. The highest BCUT2D eigenvalue weighted by Gasteiger charge is 2.12. The van der Waals surface area contributed by atoms with Crippen molar-refractivity contribution >= 4 is 6.47 Å². The second-order valence-electron chi connectivity index (χ2n) is 6.28. The molecule has 1 aliphatic rings. The number of hydrogen-bond acceptors (Lipinski definition) is 3. The van der Waals surface area contributed by atoms with E-state index in [1.165, 1.54) is 24.2 Å². The minimum Gasteiger partial charge on any atom is -0.483 e. The van der Waals surface area contributed by atoms with Crippen molar-refractivity contribution < 1.29 is 9.90 Å². The number of benzene rings is 1. The van der Waals surface area contributed by atoms with Crippen LogP contribution in [0.15, 0.2) is 24.3 Å². The van der Waals surface area contributed by atoms with Gasteiger partial charge in [0.1, 0.15) is 0 Å². The predicted molar refractivity (Wildman–Crippen MR) is 95.7 cm³/mol. The first-order valence-corrected chi connectivity index (χ1v) is 7.35. The van der Waals surface area contributed by atoms with Crippen LogP contribution in [0.4, 0.5) is 0 Å². The van der Waals surface area contributed by atoms with Gasteiger partial charge in [-0.05, 0) is 24.9 Å². The van der Waals surface area contributed by atoms with E-state index in [0.717, 1.165) is 13.1 Å². The maximum Gasteiger partial charge on any atom is 0.290 e. The lowest BCUT2D eigenvalue weighted by atomic mass is 9.86. The van der Waals surface area contributed by atoms with Crippen molar-refractivity contribution in [2.24, 2.45) is 0 Å². The number of piperazine rings is 1. The predicted octanol–water partition coefficient (Wildman–Crippen LogP) is 3.15. The Morgan fingerprint density at radius 1 is 1.23 bits per heavy atom. The molecule has 2 N–H and O–H groups in total. The number of nitrogens with one attached hydrogen (secondary N) is 1. The monoisotopic (exact) mass is 310 g/mol. The van der Waals surface area contributed by atoms with E-state index < -0.39 is 0 Å². The first kappa shape index (κ1) is 22.9. The topological polar surface area (TPSA) is 52.6 Å². The van der Waals surface area contributed by atoms with Gasteiger partial charge in [0.15, 0.2) is 0 Å². The summed E-state index contributed by atoms with van der Waals surface area (Å²) in [7, 11) is 2.15. The fraction of sp³-hybridized carbons (Fsp3) is 0.611. The highest BCUT2D eigenvalue weighted by atomic mass is 16.3. The van der Waals surface area contributed by atoms with Gasteiger partial charge in [0.05, 0.1) is 0 Å². The lowest BCUT2D eigenvalue weighted by Crippen LogP contribution is -2.40. The Bertz CT molecular complexity index is 394. The largest absolute Gasteiger partial charge is 0.483 e. The normalized spacial score (nSPS) is 14.4. The number of carboxylic acid groups (broad SMARTS) is 1. The number of likely N-dealkylation sites (N-methyl/N-ethyl adjacent to an activating group) is 1. The number of rotatable bonds is 0. The van der Waals surface area contributed by atoms with E-state index in [1.54, 1.807) is 0 Å². The molecule has 1 aromatic carbocycles. The van der Waals surface area contributed by atoms with Crippen LogP contribution < -0.4 is 5.32 Å². The Kier molecular flexibility index (Phi) is 12.7. The minimum absolute atomic E-state index is 0. The van der Waals surface area contributed by atoms with Crippen LogP contribution in [-0.2, 0) is 10.2 Å². The molecule has 0 saturated carbocycles. The molecule has 1 heterocycles. The summed E-state index contributed by atoms with van der Waals surface area (Å²) in [5, 5.41) is 10.2. The summed E-state index contributed by atoms with van der Waals surface area (Å²) in [5.74, 6) is 0. The smallest absolute Gasteiger partial charge is 0.290 e. The molecule has 1 saturated heterocycles. The van der Waals surface area contributed by atoms with Crippen LogP contribution in [0, 0.1) is 6.92 Å². The zero-order chi connectivity index (χ0) is 16.3. The van der Waals surface area contributed by atoms with Gasteiger partial charge in [-0.2, -0.15) is 0 Å². The average Bonchev–Trinajstić information content (AvgIpc) is 2.40. The summed E-state index contributed by atoms with van der Waals surface area (Å²) in [5.41, 5.74) is 3.04. The van der Waals surface area contributed by atoms with Gasteiger partial charge in [-0.3, -0.25) is 4.79 Å². The molecule has 0 radical (unpaired) electrons. The van der Waals surface area contributed by atoms with Crippen LogP contribution in [0.25, 0.3) is 0 Å². The van der Waals surface area contributed by atoms with Crippen molar-refractivity contribution in [3.05, 3.63) is 35.4 Å². The van der Waals surface area contributed by atoms with Gasteiger partial charge >= 0.3 is 0 Å². The molecule has 22 heavy (non-hydrogen) atoms. The summed E-state index contributed by atoms with van der Waals surface area (Å²) < 4.78 is 0. The van der Waals surface area contributed by atoms with E-state index in [0.29, 0.717) is 0 Å². The molecule has 1 aromatic rings. The Labute approximate surface area is 136 Å². The zero-order valence-corrected chi connectivity index (χ0v) is 14.0. The molecule has 0 amide bonds. The van der Waals surface area contributed by atoms with Gasteiger partial charge < -0.3 is 15.3 Å². The highest BCUT2D eigenvalue weighted by molar-refractivity contribution is 5.32. The second-order valence-corrected chi connectivity index (χ2v) is 6.28. The van der Waals surface area contributed by atoms with Gasteiger partial charge in [0, 0.05) is 26.2 Å². The Hall–Kier alpha value is -1.39. The van der Waals surface area contributed by atoms with Gasteiger partial charge in [0.2, 0.25) is 0 Å². The molecule has 4 nitrogen and oxygen atoms in total. The zero-order valence-electron chi connectivity index (χ0n) is 14.0. The third kappa shape index (κ3) is 11.3. The van der Waals surface area contributed by atoms with Crippen LogP contribution >= 0.6 is 0 Å². The summed E-state index contributed by atoms with van der Waals surface area (Å²) in [4.78, 5) is 10.7. The molecule has 0 bridgehead atoms. The van der Waals surface area contributed by atoms with Gasteiger partial charge in [0.25, 0.3) is 6.47 Å². The van der Waals surface area contributed by atoms with Crippen LogP contribution in [0.3, 0.4) is 0 Å². The molecule has 0 unspecified atom stereocenters. The second kappa shape index (κ2) is 12.2. The van der Waals surface area contributed by atoms with E-state index >= 15 is 0 Å². The van der Waals surface area contributed by atoms with Crippen molar-refractivity contribution in [1.29, 1.82) is 0 Å². The van der Waals surface area contributed by atoms with E-state index in [9.17, 15) is 0 Å². The van der Waals surface area contributed by atoms with Crippen molar-refractivity contribution in [3.8, 4) is 0 Å². The average molecular weight is 310 g/mol. The summed E-state index contributed by atoms with van der Waals surface area (Å²) in [6, 6.07) is 8.69. The summed E-state index contributed by atoms with van der Waals surface area (Å²) >= 11 is 0. The molecular formula is C18H34N2O2. The highest BCUT2D eigenvalue weighted by Crippen LogP contribution is 2.22. The first-order valence-electron chi connectivity index (χ1n) is 7.35. The maximum absolute atomic E-state index is 8.36. The van der Waals surface area contributed by atoms with Crippen LogP contribution in [0.5, 0.6) is 0 Å². The number of hydrogen-bond donors (Lipinski definition) is 2. The molecule has 1 aliphatic heterocycles. The molecule has 0 aromatic heterocycles. The fourth-order valence-electron chi connectivity index (χ4n) is 1.89. The standard InChI is InChI=1S/C11H16.C5H12N2.CH2O2.CH4/c1-9-6-5-7-10(8-9)11(2,3)4;1-7-4-2-6-3-5-7;2-1-3;/h5-8H,1-4H3;6H,2-5H2,1H3;1H,(H,2,3);1H4. The van der Waals surface area contributed by atoms with Crippen molar-refractivity contribution in [1.82, 2.24) is 10.2 Å².